The lowest BCUT2D eigenvalue weighted by molar-refractivity contribution is 0.737. The molecule has 0 spiro atoms. The van der Waals surface area contributed by atoms with Crippen molar-refractivity contribution in [3.05, 3.63) is 150 Å². The zero-order valence-corrected chi connectivity index (χ0v) is 27.5. The van der Waals surface area contributed by atoms with E-state index in [2.05, 4.69) is 132 Å². The lowest BCUT2D eigenvalue weighted by Gasteiger charge is -2.26. The van der Waals surface area contributed by atoms with Gasteiger partial charge in [0.2, 0.25) is 0 Å². The van der Waals surface area contributed by atoms with E-state index in [0.717, 1.165) is 29.1 Å². The van der Waals surface area contributed by atoms with Gasteiger partial charge >= 0.3 is 0 Å². The molecule has 0 aromatic heterocycles. The van der Waals surface area contributed by atoms with Gasteiger partial charge in [-0.3, -0.25) is 0 Å². The first-order valence-corrected chi connectivity index (χ1v) is 15.3. The van der Waals surface area contributed by atoms with Gasteiger partial charge in [-0.15, -0.1) is 5.73 Å². The van der Waals surface area contributed by atoms with Crippen LogP contribution in [0.25, 0.3) is 33.4 Å². The van der Waals surface area contributed by atoms with Crippen LogP contribution in [0.1, 0.15) is 77.1 Å². The number of hydrogen-bond acceptors (Lipinski definition) is 0. The maximum absolute atomic E-state index is 5.80. The maximum atomic E-state index is 5.80. The van der Waals surface area contributed by atoms with E-state index in [-0.39, 0.29) is 0 Å². The Kier molecular flexibility index (Phi) is 16.3. The molecule has 0 N–H and O–H groups in total. The molecule has 4 rings (SSSR count). The lowest BCUT2D eigenvalue weighted by atomic mass is 9.77. The molecule has 219 valence electrons. The Morgan fingerprint density at radius 3 is 1.74 bits per heavy atom. The number of hydrogen-bond donors (Lipinski definition) is 0. The van der Waals surface area contributed by atoms with Crippen molar-refractivity contribution in [1.29, 1.82) is 0 Å². The predicted molar refractivity (Wildman–Crippen MR) is 191 cm³/mol. The highest BCUT2D eigenvalue weighted by Gasteiger charge is 2.24. The molecule has 42 heavy (non-hydrogen) atoms. The molecule has 0 heterocycles. The molecule has 0 amide bonds. The van der Waals surface area contributed by atoms with Gasteiger partial charge in [-0.25, -0.2) is 0 Å². The highest BCUT2D eigenvalue weighted by Crippen LogP contribution is 2.46. The average Bonchev–Trinajstić information content (AvgIpc) is 3.03. The molecule has 0 unspecified atom stereocenters. The van der Waals surface area contributed by atoms with Crippen LogP contribution in [-0.4, -0.2) is 0 Å². The Balaban J connectivity index is 0.000000998. The Labute approximate surface area is 257 Å². The molecular weight excluding hydrogens is 504 g/mol. The molecule has 0 saturated heterocycles. The van der Waals surface area contributed by atoms with Gasteiger partial charge in [-0.2, -0.15) is 0 Å². The summed E-state index contributed by atoms with van der Waals surface area (Å²) in [6, 6.07) is 21.2. The normalized spacial score (nSPS) is 11.9. The molecule has 0 bridgehead atoms. The quantitative estimate of drug-likeness (QED) is 0.210. The monoisotopic (exact) mass is 555 g/mol. The van der Waals surface area contributed by atoms with Crippen LogP contribution in [0.15, 0.2) is 122 Å². The Morgan fingerprint density at radius 1 is 0.786 bits per heavy atom. The van der Waals surface area contributed by atoms with E-state index < -0.39 is 0 Å². The van der Waals surface area contributed by atoms with Gasteiger partial charge in [0.15, 0.2) is 0 Å². The molecule has 0 fully saturated rings. The third-order valence-corrected chi connectivity index (χ3v) is 6.37. The molecule has 0 aliphatic heterocycles. The molecule has 1 radical (unpaired) electrons. The van der Waals surface area contributed by atoms with Crippen LogP contribution in [0.2, 0.25) is 0 Å². The average molecular weight is 556 g/mol. The number of benzene rings is 3. The SMILES string of the molecule is CC.CC.CC(C)C.[CH]=C=C1C=C(c2c(C)c(-c3ccccc3)c(/C(C=C)=C/C=C)c(C)c2-c2ccccc2)C=CC1. The van der Waals surface area contributed by atoms with Crippen molar-refractivity contribution < 1.29 is 0 Å². The van der Waals surface area contributed by atoms with E-state index in [4.69, 9.17) is 6.58 Å². The van der Waals surface area contributed by atoms with Crippen molar-refractivity contribution >= 4 is 11.1 Å². The first kappa shape index (κ1) is 35.9. The third kappa shape index (κ3) is 9.20. The highest BCUT2D eigenvalue weighted by molar-refractivity contribution is 6.00. The van der Waals surface area contributed by atoms with Gasteiger partial charge in [0, 0.05) is 0 Å². The van der Waals surface area contributed by atoms with Crippen LogP contribution in [0, 0.1) is 26.3 Å². The zero-order valence-electron chi connectivity index (χ0n) is 27.5. The van der Waals surface area contributed by atoms with E-state index in [0.29, 0.717) is 0 Å². The fourth-order valence-corrected chi connectivity index (χ4v) is 4.90. The van der Waals surface area contributed by atoms with Gasteiger partial charge in [0.05, 0.1) is 0 Å². The lowest BCUT2D eigenvalue weighted by Crippen LogP contribution is -2.05. The third-order valence-electron chi connectivity index (χ3n) is 6.37. The largest absolute Gasteiger partial charge is 0.116 e. The fourth-order valence-electron chi connectivity index (χ4n) is 4.90. The first-order valence-electron chi connectivity index (χ1n) is 15.3. The summed E-state index contributed by atoms with van der Waals surface area (Å²) in [5.74, 6) is 0.833. The summed E-state index contributed by atoms with van der Waals surface area (Å²) in [4.78, 5) is 0. The standard InChI is InChI=1S/C34H29.C4H10.2C2H6/c1-6-16-27(8-3)31-24(4)33(29-20-13-10-14-21-29)34(30-22-15-17-26(7-2)23-30)25(5)32(31)28-18-11-9-12-19-28;1-4(2)3;2*1-2/h2,6,8-16,18-23H,1,3,17H2,4-5H3;4H,1-3H3;2*1-2H3/b27-16+;;;. The van der Waals surface area contributed by atoms with Crippen LogP contribution >= 0.6 is 0 Å². The summed E-state index contributed by atoms with van der Waals surface area (Å²) in [6.45, 7) is 32.8. The van der Waals surface area contributed by atoms with Crippen molar-refractivity contribution in [3.63, 3.8) is 0 Å². The Bertz CT molecular complexity index is 1430. The fraction of sp³-hybridized carbons (Fsp3) is 0.262. The van der Waals surface area contributed by atoms with Crippen molar-refractivity contribution in [2.24, 2.45) is 5.92 Å². The Morgan fingerprint density at radius 2 is 1.29 bits per heavy atom. The second kappa shape index (κ2) is 19.1. The van der Waals surface area contributed by atoms with Crippen molar-refractivity contribution in [1.82, 2.24) is 0 Å². The minimum atomic E-state index is 0.797. The van der Waals surface area contributed by atoms with Gasteiger partial charge in [-0.05, 0) is 100 Å². The van der Waals surface area contributed by atoms with Gasteiger partial charge in [0.25, 0.3) is 0 Å². The maximum Gasteiger partial charge on any atom is -0.00162 e. The smallest absolute Gasteiger partial charge is 0.00162 e. The summed E-state index contributed by atoms with van der Waals surface area (Å²) in [6.07, 6.45) is 13.1. The summed E-state index contributed by atoms with van der Waals surface area (Å²) < 4.78 is 0. The van der Waals surface area contributed by atoms with Crippen LogP contribution in [-0.2, 0) is 0 Å². The second-order valence-corrected chi connectivity index (χ2v) is 10.2. The highest BCUT2D eigenvalue weighted by atomic mass is 14.3. The molecule has 0 saturated carbocycles. The van der Waals surface area contributed by atoms with Gasteiger partial charge in [-0.1, -0.05) is 153 Å². The molecule has 3 aromatic carbocycles. The van der Waals surface area contributed by atoms with E-state index in [1.165, 1.54) is 44.5 Å². The topological polar surface area (TPSA) is 0 Å². The summed E-state index contributed by atoms with van der Waals surface area (Å²) in [5, 5.41) is 0. The van der Waals surface area contributed by atoms with Crippen molar-refractivity contribution in [2.75, 3.05) is 0 Å². The van der Waals surface area contributed by atoms with E-state index in [9.17, 15) is 0 Å². The molecule has 3 aromatic rings. The van der Waals surface area contributed by atoms with Gasteiger partial charge in [0.1, 0.15) is 0 Å². The van der Waals surface area contributed by atoms with Crippen LogP contribution in [0.4, 0.5) is 0 Å². The number of allylic oxidation sites excluding steroid dienone is 9. The summed E-state index contributed by atoms with van der Waals surface area (Å²) in [5.41, 5.74) is 15.7. The number of rotatable bonds is 6. The summed E-state index contributed by atoms with van der Waals surface area (Å²) >= 11 is 0. The van der Waals surface area contributed by atoms with Crippen molar-refractivity contribution in [2.45, 2.75) is 68.7 Å². The van der Waals surface area contributed by atoms with Crippen LogP contribution < -0.4 is 0 Å². The minimum absolute atomic E-state index is 0.797. The van der Waals surface area contributed by atoms with Crippen molar-refractivity contribution in [3.8, 4) is 22.3 Å². The molecule has 0 atom stereocenters. The van der Waals surface area contributed by atoms with Crippen LogP contribution in [0.5, 0.6) is 0 Å². The molecule has 0 heteroatoms. The minimum Gasteiger partial charge on any atom is -0.116 e. The molecule has 1 aliphatic rings. The zero-order chi connectivity index (χ0) is 31.7. The van der Waals surface area contributed by atoms with E-state index in [1.54, 1.807) is 0 Å². The first-order chi connectivity index (χ1) is 20.3. The molecule has 0 nitrogen and oxygen atoms in total. The molecule has 1 aliphatic carbocycles. The van der Waals surface area contributed by atoms with E-state index in [1.807, 2.05) is 45.9 Å². The molecular formula is C42H51. The van der Waals surface area contributed by atoms with Crippen LogP contribution in [0.3, 0.4) is 0 Å². The summed E-state index contributed by atoms with van der Waals surface area (Å²) in [7, 11) is 0. The van der Waals surface area contributed by atoms with E-state index >= 15 is 0 Å². The van der Waals surface area contributed by atoms with Gasteiger partial charge < -0.3 is 0 Å². The second-order valence-electron chi connectivity index (χ2n) is 10.2. The predicted octanol–water partition coefficient (Wildman–Crippen LogP) is 13.0. The Hall–Kier alpha value is -4.12.